The highest BCUT2D eigenvalue weighted by molar-refractivity contribution is 5.80. The van der Waals surface area contributed by atoms with Crippen LogP contribution in [0.5, 0.6) is 0 Å². The van der Waals surface area contributed by atoms with Crippen LogP contribution in [0.4, 0.5) is 4.79 Å². The number of hydrogen-bond donors (Lipinski definition) is 1. The molecule has 1 aliphatic heterocycles. The Morgan fingerprint density at radius 3 is 2.41 bits per heavy atom. The number of fused-ring (bicyclic) bond motifs is 1. The van der Waals surface area contributed by atoms with Crippen LogP contribution in [0.15, 0.2) is 0 Å². The molecule has 2 fully saturated rings. The minimum atomic E-state index is -0.929. The summed E-state index contributed by atoms with van der Waals surface area (Å²) in [7, 11) is 0. The number of rotatable bonds is 1. The van der Waals surface area contributed by atoms with Gasteiger partial charge in [-0.3, -0.25) is 4.90 Å². The molecule has 3 unspecified atom stereocenters. The van der Waals surface area contributed by atoms with E-state index in [4.69, 9.17) is 9.84 Å². The SMILES string of the molecule is CC(C)(C)OC(=O)N1CC2CC2CC1C(=O)O. The van der Waals surface area contributed by atoms with Gasteiger partial charge in [-0.1, -0.05) is 0 Å². The van der Waals surface area contributed by atoms with Crippen LogP contribution in [0.25, 0.3) is 0 Å². The van der Waals surface area contributed by atoms with Crippen LogP contribution in [0.1, 0.15) is 33.6 Å². The Morgan fingerprint density at radius 1 is 1.24 bits per heavy atom. The van der Waals surface area contributed by atoms with Gasteiger partial charge in [0.15, 0.2) is 0 Å². The Kier molecular flexibility index (Phi) is 2.79. The Bertz CT molecular complexity index is 347. The number of hydrogen-bond acceptors (Lipinski definition) is 3. The monoisotopic (exact) mass is 241 g/mol. The number of carboxylic acids is 1. The molecule has 0 radical (unpaired) electrons. The molecule has 0 aromatic heterocycles. The molecule has 1 saturated heterocycles. The van der Waals surface area contributed by atoms with Gasteiger partial charge in [-0.2, -0.15) is 0 Å². The fraction of sp³-hybridized carbons (Fsp3) is 0.833. The Labute approximate surface area is 101 Å². The molecule has 5 nitrogen and oxygen atoms in total. The molecule has 1 heterocycles. The van der Waals surface area contributed by atoms with E-state index in [0.29, 0.717) is 24.8 Å². The first-order chi connectivity index (χ1) is 7.78. The van der Waals surface area contributed by atoms with Crippen molar-refractivity contribution in [2.24, 2.45) is 11.8 Å². The number of carbonyl (C=O) groups excluding carboxylic acids is 1. The Balaban J connectivity index is 2.06. The third-order valence-corrected chi connectivity index (χ3v) is 3.32. The predicted molar refractivity (Wildman–Crippen MR) is 60.6 cm³/mol. The minimum absolute atomic E-state index is 0.484. The molecule has 3 atom stereocenters. The van der Waals surface area contributed by atoms with Crippen LogP contribution in [0.2, 0.25) is 0 Å². The highest BCUT2D eigenvalue weighted by Crippen LogP contribution is 2.47. The predicted octanol–water partition coefficient (Wildman–Crippen LogP) is 1.72. The second kappa shape index (κ2) is 3.89. The number of nitrogens with zero attached hydrogens (tertiary/aromatic N) is 1. The standard InChI is InChI=1S/C12H19NO4/c1-12(2,3)17-11(16)13-6-8-4-7(8)5-9(13)10(14)15/h7-9H,4-6H2,1-3H3,(H,14,15). The first-order valence-electron chi connectivity index (χ1n) is 6.00. The molecule has 1 N–H and O–H groups in total. The zero-order valence-corrected chi connectivity index (χ0v) is 10.5. The van der Waals surface area contributed by atoms with Crippen LogP contribution in [0.3, 0.4) is 0 Å². The third-order valence-electron chi connectivity index (χ3n) is 3.32. The smallest absolute Gasteiger partial charge is 0.411 e. The summed E-state index contributed by atoms with van der Waals surface area (Å²) in [6, 6.07) is -0.714. The highest BCUT2D eigenvalue weighted by atomic mass is 16.6. The maximum Gasteiger partial charge on any atom is 0.411 e. The molecular formula is C12H19NO4. The molecule has 0 aromatic carbocycles. The van der Waals surface area contributed by atoms with Crippen molar-refractivity contribution in [3.63, 3.8) is 0 Å². The van der Waals surface area contributed by atoms with Crippen LogP contribution in [-0.2, 0) is 9.53 Å². The van der Waals surface area contributed by atoms with Gasteiger partial charge in [-0.25, -0.2) is 9.59 Å². The van der Waals surface area contributed by atoms with Crippen molar-refractivity contribution in [1.29, 1.82) is 0 Å². The number of carbonyl (C=O) groups is 2. The first-order valence-corrected chi connectivity index (χ1v) is 6.00. The summed E-state index contributed by atoms with van der Waals surface area (Å²) in [4.78, 5) is 24.5. The average molecular weight is 241 g/mol. The average Bonchev–Trinajstić information content (AvgIpc) is 2.90. The fourth-order valence-electron chi connectivity index (χ4n) is 2.37. The molecule has 1 aliphatic carbocycles. The van der Waals surface area contributed by atoms with Gasteiger partial charge in [0.25, 0.3) is 0 Å². The van der Waals surface area contributed by atoms with E-state index >= 15 is 0 Å². The van der Waals surface area contributed by atoms with E-state index in [0.717, 1.165) is 6.42 Å². The maximum atomic E-state index is 11.9. The van der Waals surface area contributed by atoms with E-state index in [1.807, 2.05) is 0 Å². The molecule has 2 aliphatic rings. The summed E-state index contributed by atoms with van der Waals surface area (Å²) in [5.74, 6) is 0.0501. The van der Waals surface area contributed by atoms with Crippen molar-refractivity contribution in [1.82, 2.24) is 4.90 Å². The van der Waals surface area contributed by atoms with Gasteiger partial charge in [0, 0.05) is 6.54 Å². The normalized spacial score (nSPS) is 31.7. The molecule has 2 rings (SSSR count). The molecule has 0 bridgehead atoms. The Hall–Kier alpha value is -1.26. The van der Waals surface area contributed by atoms with Gasteiger partial charge in [0.1, 0.15) is 11.6 Å². The van der Waals surface area contributed by atoms with Crippen molar-refractivity contribution in [3.05, 3.63) is 0 Å². The number of aliphatic carboxylic acids is 1. The number of amides is 1. The fourth-order valence-corrected chi connectivity index (χ4v) is 2.37. The molecular weight excluding hydrogens is 222 g/mol. The molecule has 96 valence electrons. The van der Waals surface area contributed by atoms with E-state index in [9.17, 15) is 9.59 Å². The van der Waals surface area contributed by atoms with Crippen LogP contribution < -0.4 is 0 Å². The van der Waals surface area contributed by atoms with E-state index in [1.165, 1.54) is 4.90 Å². The minimum Gasteiger partial charge on any atom is -0.480 e. The van der Waals surface area contributed by atoms with Crippen molar-refractivity contribution in [2.75, 3.05) is 6.54 Å². The molecule has 0 aromatic rings. The molecule has 1 amide bonds. The lowest BCUT2D eigenvalue weighted by molar-refractivity contribution is -0.144. The molecule has 5 heteroatoms. The van der Waals surface area contributed by atoms with Crippen LogP contribution in [-0.4, -0.2) is 40.3 Å². The van der Waals surface area contributed by atoms with Gasteiger partial charge in [0.2, 0.25) is 0 Å². The largest absolute Gasteiger partial charge is 0.480 e. The lowest BCUT2D eigenvalue weighted by atomic mass is 10.0. The number of ether oxygens (including phenoxy) is 1. The quantitative estimate of drug-likeness (QED) is 0.759. The third kappa shape index (κ3) is 2.70. The summed E-state index contributed by atoms with van der Waals surface area (Å²) in [5, 5.41) is 9.14. The van der Waals surface area contributed by atoms with E-state index in [-0.39, 0.29) is 0 Å². The van der Waals surface area contributed by atoms with Crippen LogP contribution in [0, 0.1) is 11.8 Å². The second-order valence-electron chi connectivity index (χ2n) is 5.98. The van der Waals surface area contributed by atoms with Crippen molar-refractivity contribution < 1.29 is 19.4 Å². The van der Waals surface area contributed by atoms with Crippen LogP contribution >= 0.6 is 0 Å². The van der Waals surface area contributed by atoms with Gasteiger partial charge < -0.3 is 9.84 Å². The first kappa shape index (κ1) is 12.2. The lowest BCUT2D eigenvalue weighted by Crippen LogP contribution is -2.50. The summed E-state index contributed by atoms with van der Waals surface area (Å²) >= 11 is 0. The highest BCUT2D eigenvalue weighted by Gasteiger charge is 2.50. The summed E-state index contributed by atoms with van der Waals surface area (Å²) < 4.78 is 5.25. The maximum absolute atomic E-state index is 11.9. The summed E-state index contributed by atoms with van der Waals surface area (Å²) in [6.45, 7) is 5.87. The Morgan fingerprint density at radius 2 is 1.88 bits per heavy atom. The van der Waals surface area contributed by atoms with Gasteiger partial charge in [0.05, 0.1) is 0 Å². The van der Waals surface area contributed by atoms with Gasteiger partial charge in [-0.15, -0.1) is 0 Å². The second-order valence-corrected chi connectivity index (χ2v) is 5.98. The van der Waals surface area contributed by atoms with Crippen molar-refractivity contribution in [2.45, 2.75) is 45.3 Å². The number of likely N-dealkylation sites (tertiary alicyclic amines) is 1. The van der Waals surface area contributed by atoms with Gasteiger partial charge in [-0.05, 0) is 45.4 Å². The zero-order chi connectivity index (χ0) is 12.8. The van der Waals surface area contributed by atoms with E-state index < -0.39 is 23.7 Å². The summed E-state index contributed by atoms with van der Waals surface area (Å²) in [5.41, 5.74) is -0.583. The van der Waals surface area contributed by atoms with Gasteiger partial charge >= 0.3 is 12.1 Å². The molecule has 1 saturated carbocycles. The van der Waals surface area contributed by atoms with E-state index in [2.05, 4.69) is 0 Å². The van der Waals surface area contributed by atoms with Crippen molar-refractivity contribution in [3.8, 4) is 0 Å². The number of carboxylic acid groups (broad SMARTS) is 1. The lowest BCUT2D eigenvalue weighted by Gasteiger charge is -2.34. The topological polar surface area (TPSA) is 66.8 Å². The zero-order valence-electron chi connectivity index (χ0n) is 10.5. The van der Waals surface area contributed by atoms with Crippen molar-refractivity contribution >= 4 is 12.1 Å². The molecule has 0 spiro atoms. The van der Waals surface area contributed by atoms with E-state index in [1.54, 1.807) is 20.8 Å². The summed E-state index contributed by atoms with van der Waals surface area (Å²) in [6.07, 6.45) is 1.11. The molecule has 17 heavy (non-hydrogen) atoms. The number of piperidine rings is 1.